The molecule has 1 unspecified atom stereocenters. The molecule has 2 heterocycles. The summed E-state index contributed by atoms with van der Waals surface area (Å²) in [5.74, 6) is 1.55. The van der Waals surface area contributed by atoms with E-state index in [2.05, 4.69) is 17.0 Å². The van der Waals surface area contributed by atoms with E-state index in [-0.39, 0.29) is 0 Å². The second-order valence-corrected chi connectivity index (χ2v) is 4.65. The molecule has 16 heavy (non-hydrogen) atoms. The summed E-state index contributed by atoms with van der Waals surface area (Å²) in [6, 6.07) is 0. The van der Waals surface area contributed by atoms with Crippen molar-refractivity contribution < 1.29 is 0 Å². The van der Waals surface area contributed by atoms with Crippen LogP contribution in [0.4, 0.5) is 0 Å². The fourth-order valence-corrected chi connectivity index (χ4v) is 2.42. The molecule has 1 atom stereocenters. The van der Waals surface area contributed by atoms with Crippen molar-refractivity contribution in [2.45, 2.75) is 32.1 Å². The molecule has 0 amide bonds. The first kappa shape index (κ1) is 9.63. The predicted octanol–water partition coefficient (Wildman–Crippen LogP) is 2.25. The lowest BCUT2D eigenvalue weighted by Crippen LogP contribution is -2.05. The number of aryl methyl sites for hydroxylation is 2. The molecule has 84 valence electrons. The minimum atomic E-state index is 0.588. The summed E-state index contributed by atoms with van der Waals surface area (Å²) < 4.78 is 1.81. The van der Waals surface area contributed by atoms with Crippen LogP contribution in [0.5, 0.6) is 0 Å². The highest BCUT2D eigenvalue weighted by Crippen LogP contribution is 2.31. The lowest BCUT2D eigenvalue weighted by Gasteiger charge is -2.15. The van der Waals surface area contributed by atoms with Gasteiger partial charge in [0.05, 0.1) is 17.5 Å². The van der Waals surface area contributed by atoms with E-state index < -0.39 is 0 Å². The Kier molecular flexibility index (Phi) is 2.09. The first-order valence-electron chi connectivity index (χ1n) is 5.82. The minimum absolute atomic E-state index is 0.588. The van der Waals surface area contributed by atoms with Crippen LogP contribution in [0.3, 0.4) is 0 Å². The lowest BCUT2D eigenvalue weighted by molar-refractivity contribution is 0.574. The van der Waals surface area contributed by atoms with E-state index in [0.717, 1.165) is 17.8 Å². The van der Waals surface area contributed by atoms with Gasteiger partial charge < -0.3 is 4.98 Å². The molecule has 3 rings (SSSR count). The van der Waals surface area contributed by atoms with Gasteiger partial charge in [0.1, 0.15) is 5.82 Å². The van der Waals surface area contributed by atoms with E-state index in [4.69, 9.17) is 4.98 Å². The average Bonchev–Trinajstić information content (AvgIpc) is 2.84. The number of H-pyrrole nitrogens is 1. The number of aromatic amines is 1. The molecule has 1 N–H and O–H groups in total. The molecule has 2 aromatic rings. The highest BCUT2D eigenvalue weighted by Gasteiger charge is 2.21. The zero-order chi connectivity index (χ0) is 11.1. The highest BCUT2D eigenvalue weighted by atomic mass is 15.2. The summed E-state index contributed by atoms with van der Waals surface area (Å²) in [5, 5.41) is 4.17. The van der Waals surface area contributed by atoms with E-state index >= 15 is 0 Å². The Morgan fingerprint density at radius 3 is 3.06 bits per heavy atom. The summed E-state index contributed by atoms with van der Waals surface area (Å²) in [5.41, 5.74) is 3.65. The third-order valence-electron chi connectivity index (χ3n) is 3.32. The standard InChI is InChI=1S/C12H16N4/c1-8-4-3-5-10-11(8)15-12(14-10)9-6-13-16(2)7-9/h6-8H,3-5H2,1-2H3,(H,14,15). The second-order valence-electron chi connectivity index (χ2n) is 4.65. The normalized spacial score (nSPS) is 19.8. The molecule has 1 aliphatic carbocycles. The summed E-state index contributed by atoms with van der Waals surface area (Å²) in [4.78, 5) is 8.14. The van der Waals surface area contributed by atoms with Gasteiger partial charge in [-0.15, -0.1) is 0 Å². The van der Waals surface area contributed by atoms with E-state index in [0.29, 0.717) is 5.92 Å². The van der Waals surface area contributed by atoms with Gasteiger partial charge in [-0.3, -0.25) is 4.68 Å². The van der Waals surface area contributed by atoms with E-state index in [1.165, 1.54) is 24.2 Å². The predicted molar refractivity (Wildman–Crippen MR) is 62.1 cm³/mol. The molecular weight excluding hydrogens is 200 g/mol. The minimum Gasteiger partial charge on any atom is -0.342 e. The van der Waals surface area contributed by atoms with Crippen LogP contribution in [0.2, 0.25) is 0 Å². The van der Waals surface area contributed by atoms with E-state index in [1.54, 1.807) is 4.68 Å². The van der Waals surface area contributed by atoms with Crippen molar-refractivity contribution in [2.24, 2.45) is 7.05 Å². The van der Waals surface area contributed by atoms with Gasteiger partial charge in [-0.05, 0) is 19.3 Å². The topological polar surface area (TPSA) is 46.5 Å². The Morgan fingerprint density at radius 2 is 2.38 bits per heavy atom. The molecule has 0 aromatic carbocycles. The number of nitrogens with one attached hydrogen (secondary N) is 1. The SMILES string of the molecule is CC1CCCc2[nH]c(-c3cnn(C)c3)nc21. The quantitative estimate of drug-likeness (QED) is 0.794. The van der Waals surface area contributed by atoms with Crippen LogP contribution < -0.4 is 0 Å². The Labute approximate surface area is 94.7 Å². The Bertz CT molecular complexity index is 509. The molecule has 2 aromatic heterocycles. The van der Waals surface area contributed by atoms with Crippen LogP contribution in [0.25, 0.3) is 11.4 Å². The number of hydrogen-bond acceptors (Lipinski definition) is 2. The molecule has 0 saturated carbocycles. The van der Waals surface area contributed by atoms with Crippen molar-refractivity contribution in [3.8, 4) is 11.4 Å². The van der Waals surface area contributed by atoms with Crippen molar-refractivity contribution in [3.05, 3.63) is 23.8 Å². The van der Waals surface area contributed by atoms with Crippen LogP contribution in [0.1, 0.15) is 37.1 Å². The molecule has 0 aliphatic heterocycles. The van der Waals surface area contributed by atoms with Crippen LogP contribution in [-0.4, -0.2) is 19.7 Å². The average molecular weight is 216 g/mol. The Morgan fingerprint density at radius 1 is 1.50 bits per heavy atom. The largest absolute Gasteiger partial charge is 0.342 e. The Balaban J connectivity index is 2.04. The number of imidazole rings is 1. The number of aromatic nitrogens is 4. The first-order valence-corrected chi connectivity index (χ1v) is 5.82. The number of hydrogen-bond donors (Lipinski definition) is 1. The molecule has 0 radical (unpaired) electrons. The fraction of sp³-hybridized carbons (Fsp3) is 0.500. The van der Waals surface area contributed by atoms with Gasteiger partial charge in [0.15, 0.2) is 0 Å². The van der Waals surface area contributed by atoms with Gasteiger partial charge in [0, 0.05) is 24.9 Å². The maximum absolute atomic E-state index is 4.71. The number of nitrogens with zero attached hydrogens (tertiary/aromatic N) is 3. The van der Waals surface area contributed by atoms with Gasteiger partial charge in [-0.25, -0.2) is 4.98 Å². The monoisotopic (exact) mass is 216 g/mol. The summed E-state index contributed by atoms with van der Waals surface area (Å²) in [7, 11) is 1.93. The number of rotatable bonds is 1. The van der Waals surface area contributed by atoms with Gasteiger partial charge >= 0.3 is 0 Å². The smallest absolute Gasteiger partial charge is 0.141 e. The summed E-state index contributed by atoms with van der Waals surface area (Å²) >= 11 is 0. The van der Waals surface area contributed by atoms with E-state index in [9.17, 15) is 0 Å². The van der Waals surface area contributed by atoms with Crippen molar-refractivity contribution in [3.63, 3.8) is 0 Å². The second kappa shape index (κ2) is 3.47. The van der Waals surface area contributed by atoms with Gasteiger partial charge in [0.25, 0.3) is 0 Å². The van der Waals surface area contributed by atoms with Crippen molar-refractivity contribution in [1.29, 1.82) is 0 Å². The molecule has 4 heteroatoms. The maximum atomic E-state index is 4.71. The molecule has 0 bridgehead atoms. The highest BCUT2D eigenvalue weighted by molar-refractivity contribution is 5.54. The molecule has 0 saturated heterocycles. The lowest BCUT2D eigenvalue weighted by atomic mass is 9.92. The van der Waals surface area contributed by atoms with Crippen LogP contribution in [0.15, 0.2) is 12.4 Å². The third-order valence-corrected chi connectivity index (χ3v) is 3.32. The Hall–Kier alpha value is -1.58. The first-order chi connectivity index (χ1) is 7.74. The summed E-state index contributed by atoms with van der Waals surface area (Å²) in [6.45, 7) is 2.26. The third kappa shape index (κ3) is 1.45. The zero-order valence-corrected chi connectivity index (χ0v) is 9.70. The van der Waals surface area contributed by atoms with Crippen molar-refractivity contribution in [2.75, 3.05) is 0 Å². The van der Waals surface area contributed by atoms with Crippen LogP contribution in [0, 0.1) is 0 Å². The fourth-order valence-electron chi connectivity index (χ4n) is 2.42. The molecule has 1 aliphatic rings. The van der Waals surface area contributed by atoms with Crippen LogP contribution in [-0.2, 0) is 13.5 Å². The molecule has 4 nitrogen and oxygen atoms in total. The molecular formula is C12H16N4. The number of fused-ring (bicyclic) bond motifs is 1. The van der Waals surface area contributed by atoms with Gasteiger partial charge in [-0.2, -0.15) is 5.10 Å². The zero-order valence-electron chi connectivity index (χ0n) is 9.70. The van der Waals surface area contributed by atoms with E-state index in [1.807, 2.05) is 19.4 Å². The maximum Gasteiger partial charge on any atom is 0.141 e. The molecule has 0 fully saturated rings. The van der Waals surface area contributed by atoms with Gasteiger partial charge in [-0.1, -0.05) is 6.92 Å². The van der Waals surface area contributed by atoms with Gasteiger partial charge in [0.2, 0.25) is 0 Å². The van der Waals surface area contributed by atoms with Crippen LogP contribution >= 0.6 is 0 Å². The van der Waals surface area contributed by atoms with Crippen molar-refractivity contribution in [1.82, 2.24) is 19.7 Å². The molecule has 0 spiro atoms. The summed E-state index contributed by atoms with van der Waals surface area (Å²) in [6.07, 6.45) is 7.50. The van der Waals surface area contributed by atoms with Crippen molar-refractivity contribution >= 4 is 0 Å².